The van der Waals surface area contributed by atoms with E-state index in [1.54, 1.807) is 23.3 Å². The molecule has 18 heavy (non-hydrogen) atoms. The third kappa shape index (κ3) is 2.68. The van der Waals surface area contributed by atoms with Crippen LogP contribution in [0.2, 0.25) is 0 Å². The molecule has 0 aliphatic heterocycles. The van der Waals surface area contributed by atoms with E-state index in [-0.39, 0.29) is 5.56 Å². The van der Waals surface area contributed by atoms with Crippen molar-refractivity contribution in [2.24, 2.45) is 0 Å². The minimum Gasteiger partial charge on any atom is -0.402 e. The van der Waals surface area contributed by atoms with Gasteiger partial charge in [0.2, 0.25) is 5.88 Å². The van der Waals surface area contributed by atoms with Crippen LogP contribution in [0, 0.1) is 0 Å². The average molecular weight is 256 g/mol. The first-order valence-corrected chi connectivity index (χ1v) is 4.86. The number of carbonyl (C=O) groups is 1. The Hall–Kier alpha value is -2.31. The summed E-state index contributed by atoms with van der Waals surface area (Å²) in [5.41, 5.74) is -0.840. The third-order valence-electron chi connectivity index (χ3n) is 2.07. The first kappa shape index (κ1) is 12.2. The number of ether oxygens (including phenoxy) is 1. The second kappa shape index (κ2) is 4.52. The van der Waals surface area contributed by atoms with E-state index >= 15 is 0 Å². The van der Waals surface area contributed by atoms with Gasteiger partial charge in [0, 0.05) is 6.07 Å². The van der Waals surface area contributed by atoms with Crippen molar-refractivity contribution in [1.29, 1.82) is 0 Å². The van der Waals surface area contributed by atoms with Crippen molar-refractivity contribution in [2.45, 2.75) is 6.18 Å². The summed E-state index contributed by atoms with van der Waals surface area (Å²) in [5, 5.41) is 5.01. The van der Waals surface area contributed by atoms with Gasteiger partial charge in [-0.3, -0.25) is 5.10 Å². The molecular weight excluding hydrogens is 249 g/mol. The molecule has 94 valence electrons. The summed E-state index contributed by atoms with van der Waals surface area (Å²) in [6, 6.07) is 8.53. The molecule has 1 N–H and O–H groups in total. The van der Waals surface area contributed by atoms with Gasteiger partial charge in [-0.05, 0) is 12.1 Å². The summed E-state index contributed by atoms with van der Waals surface area (Å²) in [6.45, 7) is 0. The second-order valence-corrected chi connectivity index (χ2v) is 3.37. The number of nitrogens with one attached hydrogen (secondary N) is 1. The lowest BCUT2D eigenvalue weighted by Crippen LogP contribution is -2.08. The normalized spacial score (nSPS) is 11.3. The summed E-state index contributed by atoms with van der Waals surface area (Å²) in [7, 11) is 0. The van der Waals surface area contributed by atoms with Gasteiger partial charge in [-0.25, -0.2) is 4.79 Å². The Morgan fingerprint density at radius 3 is 2.44 bits per heavy atom. The minimum absolute atomic E-state index is 0.231. The van der Waals surface area contributed by atoms with Gasteiger partial charge in [0.15, 0.2) is 0 Å². The number of rotatable bonds is 2. The van der Waals surface area contributed by atoms with Crippen LogP contribution in [0.25, 0.3) is 0 Å². The Morgan fingerprint density at radius 1 is 1.22 bits per heavy atom. The standard InChI is InChI=1S/C11H7F3N2O2/c12-11(13,14)8-6-9(16-15-8)18-10(17)7-4-2-1-3-5-7/h1-6H,(H,15,16). The molecule has 0 unspecified atom stereocenters. The zero-order chi connectivity index (χ0) is 13.2. The molecule has 0 saturated carbocycles. The predicted octanol–water partition coefficient (Wildman–Crippen LogP) is 2.65. The molecule has 0 saturated heterocycles. The Morgan fingerprint density at radius 2 is 1.89 bits per heavy atom. The molecule has 7 heteroatoms. The topological polar surface area (TPSA) is 55.0 Å². The van der Waals surface area contributed by atoms with Crippen LogP contribution in [0.4, 0.5) is 13.2 Å². The molecule has 0 aliphatic rings. The molecule has 2 rings (SSSR count). The van der Waals surface area contributed by atoms with Gasteiger partial charge in [0.1, 0.15) is 5.69 Å². The van der Waals surface area contributed by atoms with Gasteiger partial charge in [-0.1, -0.05) is 18.2 Å². The van der Waals surface area contributed by atoms with E-state index in [2.05, 4.69) is 5.10 Å². The van der Waals surface area contributed by atoms with E-state index in [4.69, 9.17) is 4.74 Å². The van der Waals surface area contributed by atoms with Crippen molar-refractivity contribution in [1.82, 2.24) is 10.2 Å². The number of H-pyrrole nitrogens is 1. The van der Waals surface area contributed by atoms with Crippen molar-refractivity contribution in [2.75, 3.05) is 0 Å². The van der Waals surface area contributed by atoms with Gasteiger partial charge in [0.25, 0.3) is 0 Å². The SMILES string of the molecule is O=C(Oc1cc(C(F)(F)F)[nH]n1)c1ccccc1. The van der Waals surface area contributed by atoms with Crippen LogP contribution >= 0.6 is 0 Å². The van der Waals surface area contributed by atoms with Crippen LogP contribution in [0.1, 0.15) is 16.1 Å². The Bertz CT molecular complexity index is 549. The monoisotopic (exact) mass is 256 g/mol. The molecule has 0 fully saturated rings. The van der Waals surface area contributed by atoms with E-state index in [0.717, 1.165) is 0 Å². The molecule has 0 bridgehead atoms. The number of esters is 1. The predicted molar refractivity (Wildman–Crippen MR) is 55.0 cm³/mol. The third-order valence-corrected chi connectivity index (χ3v) is 2.07. The molecule has 1 heterocycles. The first-order chi connectivity index (χ1) is 8.47. The fourth-order valence-corrected chi connectivity index (χ4v) is 1.23. The molecule has 1 aromatic carbocycles. The van der Waals surface area contributed by atoms with Gasteiger partial charge in [0.05, 0.1) is 5.56 Å². The fourth-order valence-electron chi connectivity index (χ4n) is 1.23. The fraction of sp³-hybridized carbons (Fsp3) is 0.0909. The Balaban J connectivity index is 2.11. The zero-order valence-electron chi connectivity index (χ0n) is 8.86. The average Bonchev–Trinajstić information content (AvgIpc) is 2.78. The number of hydrogen-bond donors (Lipinski definition) is 1. The molecule has 1 aromatic heterocycles. The molecule has 0 atom stereocenters. The smallest absolute Gasteiger partial charge is 0.402 e. The van der Waals surface area contributed by atoms with Gasteiger partial charge in [-0.2, -0.15) is 13.2 Å². The largest absolute Gasteiger partial charge is 0.432 e. The number of benzene rings is 1. The van der Waals surface area contributed by atoms with E-state index in [0.29, 0.717) is 6.07 Å². The van der Waals surface area contributed by atoms with Crippen LogP contribution in [0.5, 0.6) is 5.88 Å². The number of aromatic nitrogens is 2. The Labute approximate surface area is 99.4 Å². The van der Waals surface area contributed by atoms with Gasteiger partial charge >= 0.3 is 12.1 Å². The molecule has 0 amide bonds. The van der Waals surface area contributed by atoms with Crippen molar-refractivity contribution >= 4 is 5.97 Å². The number of aromatic amines is 1. The van der Waals surface area contributed by atoms with Crippen LogP contribution in [0.15, 0.2) is 36.4 Å². The lowest BCUT2D eigenvalue weighted by molar-refractivity contribution is -0.141. The van der Waals surface area contributed by atoms with Crippen LogP contribution < -0.4 is 4.74 Å². The number of alkyl halides is 3. The summed E-state index contributed by atoms with van der Waals surface area (Å²) in [5.74, 6) is -1.19. The molecule has 4 nitrogen and oxygen atoms in total. The highest BCUT2D eigenvalue weighted by molar-refractivity contribution is 5.90. The van der Waals surface area contributed by atoms with E-state index in [9.17, 15) is 18.0 Å². The van der Waals surface area contributed by atoms with Crippen molar-refractivity contribution < 1.29 is 22.7 Å². The molecular formula is C11H7F3N2O2. The highest BCUT2D eigenvalue weighted by Gasteiger charge is 2.33. The van der Waals surface area contributed by atoms with Crippen LogP contribution in [0.3, 0.4) is 0 Å². The van der Waals surface area contributed by atoms with Crippen molar-refractivity contribution in [3.8, 4) is 5.88 Å². The molecule has 0 aliphatic carbocycles. The summed E-state index contributed by atoms with van der Waals surface area (Å²) < 4.78 is 41.4. The lowest BCUT2D eigenvalue weighted by Gasteiger charge is -2.00. The maximum Gasteiger partial charge on any atom is 0.432 e. The van der Waals surface area contributed by atoms with Crippen molar-refractivity contribution in [3.05, 3.63) is 47.7 Å². The molecule has 0 spiro atoms. The number of hydrogen-bond acceptors (Lipinski definition) is 3. The van der Waals surface area contributed by atoms with E-state index in [1.165, 1.54) is 12.1 Å². The molecule has 0 radical (unpaired) electrons. The summed E-state index contributed by atoms with van der Waals surface area (Å²) in [6.07, 6.45) is -4.55. The van der Waals surface area contributed by atoms with E-state index < -0.39 is 23.7 Å². The zero-order valence-corrected chi connectivity index (χ0v) is 8.86. The van der Waals surface area contributed by atoms with Gasteiger partial charge in [-0.15, -0.1) is 5.10 Å². The Kier molecular flexibility index (Phi) is 3.05. The maximum atomic E-state index is 12.2. The number of nitrogens with zero attached hydrogens (tertiary/aromatic N) is 1. The van der Waals surface area contributed by atoms with Crippen LogP contribution in [-0.4, -0.2) is 16.2 Å². The van der Waals surface area contributed by atoms with Gasteiger partial charge < -0.3 is 4.74 Å². The van der Waals surface area contributed by atoms with E-state index in [1.807, 2.05) is 0 Å². The summed E-state index contributed by atoms with van der Waals surface area (Å²) in [4.78, 5) is 11.5. The quantitative estimate of drug-likeness (QED) is 0.840. The second-order valence-electron chi connectivity index (χ2n) is 3.37. The van der Waals surface area contributed by atoms with Crippen molar-refractivity contribution in [3.63, 3.8) is 0 Å². The minimum atomic E-state index is -4.55. The summed E-state index contributed by atoms with van der Waals surface area (Å²) >= 11 is 0. The highest BCUT2D eigenvalue weighted by atomic mass is 19.4. The number of halogens is 3. The number of carbonyl (C=O) groups excluding carboxylic acids is 1. The lowest BCUT2D eigenvalue weighted by atomic mass is 10.2. The highest BCUT2D eigenvalue weighted by Crippen LogP contribution is 2.29. The first-order valence-electron chi connectivity index (χ1n) is 4.86. The molecule has 2 aromatic rings. The maximum absolute atomic E-state index is 12.2. The van der Waals surface area contributed by atoms with Crippen LogP contribution in [-0.2, 0) is 6.18 Å².